The molecule has 1 N–H and O–H groups in total. The average Bonchev–Trinajstić information content (AvgIpc) is 2.95. The van der Waals surface area contributed by atoms with Crippen LogP contribution in [0.4, 0.5) is 0 Å². The van der Waals surface area contributed by atoms with E-state index < -0.39 is 0 Å². The first kappa shape index (κ1) is 17.9. The van der Waals surface area contributed by atoms with Gasteiger partial charge in [-0.3, -0.25) is 4.90 Å². The topological polar surface area (TPSA) is 43.0 Å². The Bertz CT molecular complexity index is 217. The molecule has 1 aliphatic heterocycles. The summed E-state index contributed by atoms with van der Waals surface area (Å²) in [6.07, 6.45) is 3.41. The van der Waals surface area contributed by atoms with Gasteiger partial charge in [0.2, 0.25) is 0 Å². The SMILES string of the molecule is CCOC(CCN(CCOC)CC1CCCN1)OCC. The molecule has 0 aromatic heterocycles. The second-order valence-corrected chi connectivity index (χ2v) is 5.22. The molecule has 1 saturated heterocycles. The van der Waals surface area contributed by atoms with E-state index in [1.165, 1.54) is 12.8 Å². The lowest BCUT2D eigenvalue weighted by atomic mass is 10.2. The van der Waals surface area contributed by atoms with Crippen LogP contribution in [0.15, 0.2) is 0 Å². The minimum absolute atomic E-state index is 0.0772. The molecule has 1 fully saturated rings. The summed E-state index contributed by atoms with van der Waals surface area (Å²) >= 11 is 0. The van der Waals surface area contributed by atoms with Crippen LogP contribution in [0.3, 0.4) is 0 Å². The van der Waals surface area contributed by atoms with E-state index in [-0.39, 0.29) is 6.29 Å². The van der Waals surface area contributed by atoms with Gasteiger partial charge in [-0.15, -0.1) is 0 Å². The number of ether oxygens (including phenoxy) is 3. The second kappa shape index (κ2) is 11.5. The van der Waals surface area contributed by atoms with Crippen molar-refractivity contribution in [3.05, 3.63) is 0 Å². The largest absolute Gasteiger partial charge is 0.383 e. The van der Waals surface area contributed by atoms with E-state index in [4.69, 9.17) is 14.2 Å². The Morgan fingerprint density at radius 1 is 1.20 bits per heavy atom. The van der Waals surface area contributed by atoms with Gasteiger partial charge in [0, 0.05) is 52.4 Å². The van der Waals surface area contributed by atoms with Crippen molar-refractivity contribution in [3.63, 3.8) is 0 Å². The molecule has 1 atom stereocenters. The lowest BCUT2D eigenvalue weighted by Crippen LogP contribution is -2.40. The van der Waals surface area contributed by atoms with Gasteiger partial charge in [-0.25, -0.2) is 0 Å². The van der Waals surface area contributed by atoms with Gasteiger partial charge in [0.1, 0.15) is 0 Å². The van der Waals surface area contributed by atoms with E-state index in [9.17, 15) is 0 Å². The molecule has 120 valence electrons. The molecule has 0 bridgehead atoms. The summed E-state index contributed by atoms with van der Waals surface area (Å²) in [4.78, 5) is 2.46. The first-order valence-electron chi connectivity index (χ1n) is 7.98. The summed E-state index contributed by atoms with van der Waals surface area (Å²) in [5, 5.41) is 3.56. The highest BCUT2D eigenvalue weighted by molar-refractivity contribution is 4.78. The Kier molecular flexibility index (Phi) is 10.2. The summed E-state index contributed by atoms with van der Waals surface area (Å²) in [5.74, 6) is 0. The summed E-state index contributed by atoms with van der Waals surface area (Å²) in [6.45, 7) is 10.4. The Labute approximate surface area is 123 Å². The minimum atomic E-state index is -0.0772. The standard InChI is InChI=1S/C15H32N2O3/c1-4-19-15(20-5-2)8-10-17(11-12-18-3)13-14-7-6-9-16-14/h14-16H,4-13H2,1-3H3. The average molecular weight is 288 g/mol. The summed E-state index contributed by atoms with van der Waals surface area (Å²) in [5.41, 5.74) is 0. The maximum atomic E-state index is 5.61. The van der Waals surface area contributed by atoms with Crippen LogP contribution in [-0.4, -0.2) is 70.3 Å². The zero-order valence-corrected chi connectivity index (χ0v) is 13.4. The monoisotopic (exact) mass is 288 g/mol. The van der Waals surface area contributed by atoms with Crippen molar-refractivity contribution in [2.45, 2.75) is 45.4 Å². The van der Waals surface area contributed by atoms with Crippen molar-refractivity contribution in [3.8, 4) is 0 Å². The molecule has 5 heteroatoms. The Balaban J connectivity index is 2.32. The summed E-state index contributed by atoms with van der Waals surface area (Å²) < 4.78 is 16.4. The van der Waals surface area contributed by atoms with E-state index in [1.807, 2.05) is 13.8 Å². The first-order valence-corrected chi connectivity index (χ1v) is 7.98. The molecule has 1 unspecified atom stereocenters. The van der Waals surface area contributed by atoms with Gasteiger partial charge < -0.3 is 19.5 Å². The third kappa shape index (κ3) is 7.55. The van der Waals surface area contributed by atoms with E-state index >= 15 is 0 Å². The molecule has 0 amide bonds. The van der Waals surface area contributed by atoms with Crippen LogP contribution in [-0.2, 0) is 14.2 Å². The van der Waals surface area contributed by atoms with Crippen LogP contribution < -0.4 is 5.32 Å². The van der Waals surface area contributed by atoms with Crippen molar-refractivity contribution in [2.75, 3.05) is 53.1 Å². The predicted molar refractivity (Wildman–Crippen MR) is 81.0 cm³/mol. The van der Waals surface area contributed by atoms with Crippen molar-refractivity contribution in [2.24, 2.45) is 0 Å². The first-order chi connectivity index (χ1) is 9.80. The van der Waals surface area contributed by atoms with Crippen LogP contribution in [0.5, 0.6) is 0 Å². The minimum Gasteiger partial charge on any atom is -0.383 e. The highest BCUT2D eigenvalue weighted by Gasteiger charge is 2.19. The van der Waals surface area contributed by atoms with E-state index in [2.05, 4.69) is 10.2 Å². The van der Waals surface area contributed by atoms with E-state index in [0.29, 0.717) is 19.3 Å². The molecular formula is C15H32N2O3. The van der Waals surface area contributed by atoms with Gasteiger partial charge in [-0.05, 0) is 33.2 Å². The highest BCUT2D eigenvalue weighted by atomic mass is 16.7. The Morgan fingerprint density at radius 2 is 1.95 bits per heavy atom. The zero-order chi connectivity index (χ0) is 14.6. The van der Waals surface area contributed by atoms with Crippen molar-refractivity contribution >= 4 is 0 Å². The summed E-state index contributed by atoms with van der Waals surface area (Å²) in [6, 6.07) is 0.629. The molecule has 0 radical (unpaired) electrons. The van der Waals surface area contributed by atoms with E-state index in [1.54, 1.807) is 7.11 Å². The smallest absolute Gasteiger partial charge is 0.158 e. The van der Waals surface area contributed by atoms with Crippen molar-refractivity contribution in [1.82, 2.24) is 10.2 Å². The van der Waals surface area contributed by atoms with Gasteiger partial charge in [-0.2, -0.15) is 0 Å². The van der Waals surface area contributed by atoms with Gasteiger partial charge >= 0.3 is 0 Å². The number of rotatable bonds is 12. The third-order valence-corrected chi connectivity index (χ3v) is 3.64. The number of hydrogen-bond acceptors (Lipinski definition) is 5. The van der Waals surface area contributed by atoms with Crippen molar-refractivity contribution < 1.29 is 14.2 Å². The molecule has 1 aliphatic rings. The fourth-order valence-corrected chi connectivity index (χ4v) is 2.61. The van der Waals surface area contributed by atoms with Gasteiger partial charge in [0.15, 0.2) is 6.29 Å². The van der Waals surface area contributed by atoms with Gasteiger partial charge in [0.25, 0.3) is 0 Å². The molecule has 0 spiro atoms. The number of nitrogens with one attached hydrogen (secondary N) is 1. The van der Waals surface area contributed by atoms with Gasteiger partial charge in [-0.1, -0.05) is 0 Å². The van der Waals surface area contributed by atoms with E-state index in [0.717, 1.165) is 39.2 Å². The number of hydrogen-bond donors (Lipinski definition) is 1. The molecule has 0 saturated carbocycles. The molecular weight excluding hydrogens is 256 g/mol. The predicted octanol–water partition coefficient (Wildman–Crippen LogP) is 1.48. The quantitative estimate of drug-likeness (QED) is 0.551. The van der Waals surface area contributed by atoms with Gasteiger partial charge in [0.05, 0.1) is 6.61 Å². The fourth-order valence-electron chi connectivity index (χ4n) is 2.61. The molecule has 1 rings (SSSR count). The van der Waals surface area contributed by atoms with Crippen LogP contribution in [0.25, 0.3) is 0 Å². The van der Waals surface area contributed by atoms with Crippen LogP contribution in [0.1, 0.15) is 33.1 Å². The number of methoxy groups -OCH3 is 1. The highest BCUT2D eigenvalue weighted by Crippen LogP contribution is 2.09. The number of nitrogens with zero attached hydrogens (tertiary/aromatic N) is 1. The van der Waals surface area contributed by atoms with Crippen LogP contribution in [0, 0.1) is 0 Å². The second-order valence-electron chi connectivity index (χ2n) is 5.22. The molecule has 20 heavy (non-hydrogen) atoms. The molecule has 0 aromatic rings. The zero-order valence-electron chi connectivity index (χ0n) is 13.4. The lowest BCUT2D eigenvalue weighted by molar-refractivity contribution is -0.142. The molecule has 5 nitrogen and oxygen atoms in total. The lowest BCUT2D eigenvalue weighted by Gasteiger charge is -2.27. The van der Waals surface area contributed by atoms with Crippen molar-refractivity contribution in [1.29, 1.82) is 0 Å². The molecule has 0 aromatic carbocycles. The van der Waals surface area contributed by atoms with Crippen LogP contribution >= 0.6 is 0 Å². The maximum Gasteiger partial charge on any atom is 0.158 e. The third-order valence-electron chi connectivity index (χ3n) is 3.64. The normalized spacial score (nSPS) is 19.4. The van der Waals surface area contributed by atoms with Crippen LogP contribution in [0.2, 0.25) is 0 Å². The molecule has 1 heterocycles. The molecule has 0 aliphatic carbocycles. The Hall–Kier alpha value is -0.200. The summed E-state index contributed by atoms with van der Waals surface area (Å²) in [7, 11) is 1.76. The Morgan fingerprint density at radius 3 is 2.50 bits per heavy atom. The maximum absolute atomic E-state index is 5.61. The fraction of sp³-hybridized carbons (Fsp3) is 1.00.